The fourth-order valence-corrected chi connectivity index (χ4v) is 3.40. The van der Waals surface area contributed by atoms with Crippen molar-refractivity contribution in [3.63, 3.8) is 0 Å². The van der Waals surface area contributed by atoms with Crippen LogP contribution in [0.15, 0.2) is 65.6 Å². The molecule has 4 nitrogen and oxygen atoms in total. The van der Waals surface area contributed by atoms with E-state index >= 15 is 0 Å². The first kappa shape index (κ1) is 15.4. The Morgan fingerprint density at radius 2 is 1.48 bits per heavy atom. The van der Waals surface area contributed by atoms with E-state index < -0.39 is 0 Å². The average Bonchev–Trinajstić information content (AvgIpc) is 2.88. The molecule has 0 unspecified atom stereocenters. The first-order valence-corrected chi connectivity index (χ1v) is 8.30. The van der Waals surface area contributed by atoms with Gasteiger partial charge in [0.2, 0.25) is 0 Å². The second kappa shape index (κ2) is 5.74. The SMILES string of the molecule is Cc1ccc(-n2ncc3c(C)n(-c4ccccc4)c(C)c3c2=O)cc1. The third kappa shape index (κ3) is 2.38. The first-order valence-electron chi connectivity index (χ1n) is 8.30. The van der Waals surface area contributed by atoms with E-state index in [0.717, 1.165) is 39.1 Å². The van der Waals surface area contributed by atoms with Gasteiger partial charge >= 0.3 is 0 Å². The van der Waals surface area contributed by atoms with Crippen LogP contribution >= 0.6 is 0 Å². The maximum Gasteiger partial charge on any atom is 0.281 e. The van der Waals surface area contributed by atoms with Gasteiger partial charge in [0.15, 0.2) is 0 Å². The minimum atomic E-state index is -0.0864. The molecule has 0 radical (unpaired) electrons. The van der Waals surface area contributed by atoms with Gasteiger partial charge in [0, 0.05) is 22.5 Å². The van der Waals surface area contributed by atoms with Crippen LogP contribution < -0.4 is 5.56 Å². The zero-order chi connectivity index (χ0) is 17.6. The zero-order valence-corrected chi connectivity index (χ0v) is 14.5. The van der Waals surface area contributed by atoms with Gasteiger partial charge < -0.3 is 4.57 Å². The number of hydrogen-bond acceptors (Lipinski definition) is 2. The number of fused-ring (bicyclic) bond motifs is 1. The van der Waals surface area contributed by atoms with E-state index in [-0.39, 0.29) is 5.56 Å². The Bertz CT molecular complexity index is 1120. The maximum absolute atomic E-state index is 13.1. The lowest BCUT2D eigenvalue weighted by atomic mass is 10.2. The molecule has 0 amide bonds. The molecule has 4 aromatic rings. The monoisotopic (exact) mass is 329 g/mol. The van der Waals surface area contributed by atoms with Gasteiger partial charge in [0.25, 0.3) is 5.56 Å². The van der Waals surface area contributed by atoms with Crippen molar-refractivity contribution >= 4 is 10.8 Å². The molecule has 2 aromatic heterocycles. The quantitative estimate of drug-likeness (QED) is 0.555. The molecular weight excluding hydrogens is 310 g/mol. The number of aromatic nitrogens is 3. The van der Waals surface area contributed by atoms with E-state index in [9.17, 15) is 4.79 Å². The van der Waals surface area contributed by atoms with Crippen molar-refractivity contribution in [3.8, 4) is 11.4 Å². The van der Waals surface area contributed by atoms with Crippen molar-refractivity contribution in [1.29, 1.82) is 0 Å². The van der Waals surface area contributed by atoms with Crippen molar-refractivity contribution in [2.45, 2.75) is 20.8 Å². The lowest BCUT2D eigenvalue weighted by molar-refractivity contribution is 0.820. The van der Waals surface area contributed by atoms with Crippen LogP contribution in [0.25, 0.3) is 22.1 Å². The fourth-order valence-electron chi connectivity index (χ4n) is 3.40. The minimum Gasteiger partial charge on any atom is -0.317 e. The Balaban J connectivity index is 2.01. The summed E-state index contributed by atoms with van der Waals surface area (Å²) in [6.07, 6.45) is 1.79. The van der Waals surface area contributed by atoms with Crippen LogP contribution in [0.4, 0.5) is 0 Å². The standard InChI is InChI=1S/C21H19N3O/c1-14-9-11-18(12-10-14)24-21(25)20-16(3)23(15(2)19(20)13-22-24)17-7-5-4-6-8-17/h4-13H,1-3H3. The number of benzene rings is 2. The molecule has 0 fully saturated rings. The van der Waals surface area contributed by atoms with E-state index in [0.29, 0.717) is 0 Å². The van der Waals surface area contributed by atoms with Crippen LogP contribution in [0.5, 0.6) is 0 Å². The summed E-state index contributed by atoms with van der Waals surface area (Å²) in [5.74, 6) is 0. The Kier molecular flexibility index (Phi) is 3.53. The summed E-state index contributed by atoms with van der Waals surface area (Å²) in [4.78, 5) is 13.1. The van der Waals surface area contributed by atoms with Gasteiger partial charge in [-0.15, -0.1) is 0 Å². The van der Waals surface area contributed by atoms with Crippen molar-refractivity contribution in [2.24, 2.45) is 0 Å². The van der Waals surface area contributed by atoms with Crippen LogP contribution in [0, 0.1) is 20.8 Å². The normalized spacial score (nSPS) is 11.2. The van der Waals surface area contributed by atoms with Crippen molar-refractivity contribution in [3.05, 3.63) is 88.1 Å². The summed E-state index contributed by atoms with van der Waals surface area (Å²) in [6, 6.07) is 17.9. The summed E-state index contributed by atoms with van der Waals surface area (Å²) in [6.45, 7) is 6.04. The lowest BCUT2D eigenvalue weighted by Gasteiger charge is -2.08. The fraction of sp³-hybridized carbons (Fsp3) is 0.143. The van der Waals surface area contributed by atoms with Crippen molar-refractivity contribution in [1.82, 2.24) is 14.3 Å². The van der Waals surface area contributed by atoms with Crippen LogP contribution in [-0.2, 0) is 0 Å². The molecule has 0 bridgehead atoms. The molecule has 4 heteroatoms. The molecule has 0 aliphatic carbocycles. The molecule has 0 saturated heterocycles. The van der Waals surface area contributed by atoms with E-state index in [1.807, 2.05) is 75.4 Å². The Morgan fingerprint density at radius 1 is 0.800 bits per heavy atom. The van der Waals surface area contributed by atoms with Crippen molar-refractivity contribution < 1.29 is 0 Å². The smallest absolute Gasteiger partial charge is 0.281 e. The predicted octanol–water partition coefficient (Wildman–Crippen LogP) is 4.10. The van der Waals surface area contributed by atoms with Gasteiger partial charge in [0.1, 0.15) is 0 Å². The second-order valence-electron chi connectivity index (χ2n) is 6.33. The summed E-state index contributed by atoms with van der Waals surface area (Å²) in [5, 5.41) is 6.02. The number of aryl methyl sites for hydroxylation is 3. The molecule has 2 aromatic carbocycles. The lowest BCUT2D eigenvalue weighted by Crippen LogP contribution is -2.21. The summed E-state index contributed by atoms with van der Waals surface area (Å²) in [7, 11) is 0. The second-order valence-corrected chi connectivity index (χ2v) is 6.33. The summed E-state index contributed by atoms with van der Waals surface area (Å²) < 4.78 is 3.59. The van der Waals surface area contributed by atoms with E-state index in [1.54, 1.807) is 6.20 Å². The summed E-state index contributed by atoms with van der Waals surface area (Å²) in [5.41, 5.74) is 4.86. The Hall–Kier alpha value is -3.14. The topological polar surface area (TPSA) is 39.8 Å². The molecule has 0 spiro atoms. The van der Waals surface area contributed by atoms with Crippen LogP contribution in [0.2, 0.25) is 0 Å². The molecule has 4 rings (SSSR count). The highest BCUT2D eigenvalue weighted by Crippen LogP contribution is 2.26. The third-order valence-electron chi connectivity index (χ3n) is 4.69. The molecule has 0 aliphatic rings. The zero-order valence-electron chi connectivity index (χ0n) is 14.5. The molecule has 0 saturated carbocycles. The number of hydrogen-bond donors (Lipinski definition) is 0. The van der Waals surface area contributed by atoms with Gasteiger partial charge in [0.05, 0.1) is 17.3 Å². The van der Waals surface area contributed by atoms with Gasteiger partial charge in [-0.2, -0.15) is 9.78 Å². The van der Waals surface area contributed by atoms with Gasteiger partial charge in [-0.05, 0) is 45.0 Å². The molecule has 124 valence electrons. The highest BCUT2D eigenvalue weighted by atomic mass is 16.1. The Morgan fingerprint density at radius 3 is 2.16 bits per heavy atom. The first-order chi connectivity index (χ1) is 12.1. The molecule has 0 N–H and O–H groups in total. The van der Waals surface area contributed by atoms with E-state index in [1.165, 1.54) is 4.68 Å². The van der Waals surface area contributed by atoms with Gasteiger partial charge in [-0.25, -0.2) is 0 Å². The number of nitrogens with zero attached hydrogens (tertiary/aromatic N) is 3. The van der Waals surface area contributed by atoms with E-state index in [2.05, 4.69) is 9.67 Å². The molecule has 0 aliphatic heterocycles. The maximum atomic E-state index is 13.1. The average molecular weight is 329 g/mol. The van der Waals surface area contributed by atoms with Crippen LogP contribution in [-0.4, -0.2) is 14.3 Å². The van der Waals surface area contributed by atoms with Crippen molar-refractivity contribution in [2.75, 3.05) is 0 Å². The largest absolute Gasteiger partial charge is 0.317 e. The Labute approximate surface area is 146 Å². The van der Waals surface area contributed by atoms with Gasteiger partial charge in [-0.3, -0.25) is 4.79 Å². The van der Waals surface area contributed by atoms with Gasteiger partial charge in [-0.1, -0.05) is 35.9 Å². The predicted molar refractivity (Wildman–Crippen MR) is 101 cm³/mol. The summed E-state index contributed by atoms with van der Waals surface area (Å²) >= 11 is 0. The van der Waals surface area contributed by atoms with Crippen LogP contribution in [0.1, 0.15) is 17.0 Å². The van der Waals surface area contributed by atoms with Crippen LogP contribution in [0.3, 0.4) is 0 Å². The highest BCUT2D eigenvalue weighted by molar-refractivity contribution is 5.88. The minimum absolute atomic E-state index is 0.0864. The number of para-hydroxylation sites is 1. The number of rotatable bonds is 2. The molecular formula is C21H19N3O. The molecule has 0 atom stereocenters. The molecule has 2 heterocycles. The van der Waals surface area contributed by atoms with E-state index in [4.69, 9.17) is 0 Å². The highest BCUT2D eigenvalue weighted by Gasteiger charge is 2.17. The molecule has 25 heavy (non-hydrogen) atoms. The third-order valence-corrected chi connectivity index (χ3v) is 4.69.